The maximum absolute atomic E-state index is 13.5. The molecule has 2 aromatic carbocycles. The van der Waals surface area contributed by atoms with Crippen molar-refractivity contribution in [1.82, 2.24) is 4.90 Å². The number of hydrogen-bond donors (Lipinski definition) is 2. The van der Waals surface area contributed by atoms with E-state index in [9.17, 15) is 23.9 Å². The number of rotatable bonds is 6. The molecule has 6 nitrogen and oxygen atoms in total. The van der Waals surface area contributed by atoms with E-state index in [0.717, 1.165) is 16.8 Å². The molecule has 0 radical (unpaired) electrons. The number of ketones is 1. The Morgan fingerprint density at radius 2 is 1.97 bits per heavy atom. The normalized spacial score (nSPS) is 20.5. The second kappa shape index (κ2) is 8.40. The molecule has 2 aliphatic rings. The van der Waals surface area contributed by atoms with Crippen LogP contribution >= 0.6 is 11.6 Å². The highest BCUT2D eigenvalue weighted by Crippen LogP contribution is 2.29. The molecule has 1 fully saturated rings. The van der Waals surface area contributed by atoms with Gasteiger partial charge in [-0.3, -0.25) is 14.4 Å². The van der Waals surface area contributed by atoms with Crippen LogP contribution in [0.3, 0.4) is 0 Å². The van der Waals surface area contributed by atoms with Crippen molar-refractivity contribution >= 4 is 34.9 Å². The average Bonchev–Trinajstić information content (AvgIpc) is 3.01. The van der Waals surface area contributed by atoms with Gasteiger partial charge in [-0.05, 0) is 53.8 Å². The number of hydrogen-bond acceptors (Lipinski definition) is 4. The van der Waals surface area contributed by atoms with Crippen LogP contribution in [-0.2, 0) is 33.8 Å². The maximum Gasteiger partial charge on any atom is 0.262 e. The van der Waals surface area contributed by atoms with Gasteiger partial charge in [0.05, 0.1) is 0 Å². The fourth-order valence-electron chi connectivity index (χ4n) is 4.15. The second-order valence-electron chi connectivity index (χ2n) is 8.08. The Labute approximate surface area is 184 Å². The topological polar surface area (TPSA) is 86.7 Å². The van der Waals surface area contributed by atoms with E-state index in [1.54, 1.807) is 6.07 Å². The van der Waals surface area contributed by atoms with Crippen LogP contribution in [0.5, 0.6) is 0 Å². The molecule has 1 atom stereocenters. The molecule has 2 aliphatic heterocycles. The quantitative estimate of drug-likeness (QED) is 0.670. The molecular formula is C23H22ClFN2O4. The molecule has 0 bridgehead atoms. The third-order valence-corrected chi connectivity index (χ3v) is 6.07. The molecule has 0 aliphatic carbocycles. The van der Waals surface area contributed by atoms with Crippen LogP contribution in [0.15, 0.2) is 36.4 Å². The van der Waals surface area contributed by atoms with Gasteiger partial charge in [0.2, 0.25) is 11.5 Å². The molecule has 2 amide bonds. The van der Waals surface area contributed by atoms with Gasteiger partial charge >= 0.3 is 0 Å². The smallest absolute Gasteiger partial charge is 0.262 e. The van der Waals surface area contributed by atoms with Crippen molar-refractivity contribution in [2.24, 2.45) is 0 Å². The lowest BCUT2D eigenvalue weighted by Gasteiger charge is -2.22. The lowest BCUT2D eigenvalue weighted by molar-refractivity contribution is -0.153. The minimum atomic E-state index is -2.06. The Morgan fingerprint density at radius 1 is 1.16 bits per heavy atom. The Kier molecular flexibility index (Phi) is 5.81. The number of benzene rings is 2. The van der Waals surface area contributed by atoms with Crippen molar-refractivity contribution in [3.05, 3.63) is 63.9 Å². The van der Waals surface area contributed by atoms with E-state index in [0.29, 0.717) is 18.4 Å². The van der Waals surface area contributed by atoms with Gasteiger partial charge in [0.1, 0.15) is 5.82 Å². The van der Waals surface area contributed by atoms with Gasteiger partial charge in [-0.25, -0.2) is 4.39 Å². The number of aryl methyl sites for hydroxylation is 2. The Hall–Kier alpha value is -2.77. The van der Waals surface area contributed by atoms with Gasteiger partial charge in [0, 0.05) is 43.1 Å². The number of likely N-dealkylation sites (tertiary alicyclic amines) is 1. The minimum Gasteiger partial charge on any atom is -0.373 e. The number of carbonyl (C=O) groups is 3. The van der Waals surface area contributed by atoms with Crippen LogP contribution < -0.4 is 5.32 Å². The highest BCUT2D eigenvalue weighted by Gasteiger charge is 2.50. The van der Waals surface area contributed by atoms with E-state index in [4.69, 9.17) is 11.6 Å². The largest absolute Gasteiger partial charge is 0.373 e. The summed E-state index contributed by atoms with van der Waals surface area (Å²) in [4.78, 5) is 38.5. The number of anilines is 1. The Balaban J connectivity index is 1.40. The highest BCUT2D eigenvalue weighted by molar-refractivity contribution is 6.30. The summed E-state index contributed by atoms with van der Waals surface area (Å²) >= 11 is 5.83. The summed E-state index contributed by atoms with van der Waals surface area (Å²) in [5.74, 6) is -1.70. The van der Waals surface area contributed by atoms with Crippen molar-refractivity contribution in [2.45, 2.75) is 44.2 Å². The van der Waals surface area contributed by atoms with Crippen molar-refractivity contribution in [3.63, 3.8) is 0 Å². The minimum absolute atomic E-state index is 0.0148. The molecule has 31 heavy (non-hydrogen) atoms. The van der Waals surface area contributed by atoms with Crippen molar-refractivity contribution in [1.29, 1.82) is 0 Å². The van der Waals surface area contributed by atoms with E-state index < -0.39 is 23.1 Å². The molecule has 8 heteroatoms. The summed E-state index contributed by atoms with van der Waals surface area (Å²) in [5, 5.41) is 13.8. The van der Waals surface area contributed by atoms with E-state index >= 15 is 0 Å². The zero-order chi connectivity index (χ0) is 22.2. The molecular weight excluding hydrogens is 423 g/mol. The summed E-state index contributed by atoms with van der Waals surface area (Å²) in [6.45, 7) is 0.538. The molecule has 2 aromatic rings. The van der Waals surface area contributed by atoms with Crippen molar-refractivity contribution in [3.8, 4) is 0 Å². The van der Waals surface area contributed by atoms with E-state index in [1.807, 2.05) is 18.2 Å². The van der Waals surface area contributed by atoms with E-state index in [1.165, 1.54) is 17.0 Å². The Morgan fingerprint density at radius 3 is 2.74 bits per heavy atom. The molecule has 0 saturated carbocycles. The highest BCUT2D eigenvalue weighted by atomic mass is 35.5. The van der Waals surface area contributed by atoms with Gasteiger partial charge in [0.15, 0.2) is 5.78 Å². The first-order chi connectivity index (χ1) is 14.7. The lowest BCUT2D eigenvalue weighted by atomic mass is 9.92. The van der Waals surface area contributed by atoms with Crippen molar-refractivity contribution in [2.75, 3.05) is 11.9 Å². The first-order valence-electron chi connectivity index (χ1n) is 10.2. The van der Waals surface area contributed by atoms with Crippen LogP contribution in [0.25, 0.3) is 0 Å². The van der Waals surface area contributed by atoms with Crippen LogP contribution in [0.2, 0.25) is 5.02 Å². The number of amides is 2. The summed E-state index contributed by atoms with van der Waals surface area (Å²) < 4.78 is 13.5. The van der Waals surface area contributed by atoms with Gasteiger partial charge in [-0.1, -0.05) is 23.7 Å². The van der Waals surface area contributed by atoms with Gasteiger partial charge in [-0.2, -0.15) is 0 Å². The Bertz CT molecular complexity index is 1050. The van der Waals surface area contributed by atoms with Gasteiger partial charge < -0.3 is 15.3 Å². The van der Waals surface area contributed by atoms with Crippen LogP contribution in [0.1, 0.15) is 36.0 Å². The molecule has 1 saturated heterocycles. The second-order valence-corrected chi connectivity index (χ2v) is 8.51. The zero-order valence-corrected chi connectivity index (χ0v) is 17.5. The molecule has 0 aromatic heterocycles. The molecule has 2 N–H and O–H groups in total. The van der Waals surface area contributed by atoms with Gasteiger partial charge in [0.25, 0.3) is 5.91 Å². The van der Waals surface area contributed by atoms with E-state index in [-0.39, 0.29) is 43.3 Å². The number of nitrogens with zero attached hydrogens (tertiary/aromatic N) is 1. The number of aliphatic hydroxyl groups is 1. The zero-order valence-electron chi connectivity index (χ0n) is 16.8. The molecule has 4 rings (SSSR count). The number of nitrogens with one attached hydrogen (secondary N) is 1. The summed E-state index contributed by atoms with van der Waals surface area (Å²) in [7, 11) is 0. The number of Topliss-reactive ketones (excluding diaryl/α,β-unsaturated/α-hetero) is 1. The van der Waals surface area contributed by atoms with Crippen LogP contribution in [0, 0.1) is 5.82 Å². The monoisotopic (exact) mass is 444 g/mol. The SMILES string of the molecule is O=C1CCc2cc(CN3CCC(O)(C(=O)CCc4cc(F)cc(Cl)c4)C3=O)ccc2N1. The average molecular weight is 445 g/mol. The molecule has 2 heterocycles. The summed E-state index contributed by atoms with van der Waals surface area (Å²) in [6, 6.07) is 9.59. The standard InChI is InChI=1S/C23H22ClFN2O4/c24-17-10-14(11-18(25)12-17)2-5-20(28)23(31)7-8-27(22(23)30)13-15-1-4-19-16(9-15)3-6-21(29)26-19/h1,4,9-12,31H,2-3,5-8,13H2,(H,26,29). The molecule has 0 spiro atoms. The maximum atomic E-state index is 13.5. The first-order valence-corrected chi connectivity index (χ1v) is 10.5. The number of halogens is 2. The van der Waals surface area contributed by atoms with Crippen molar-refractivity contribution < 1.29 is 23.9 Å². The first kappa shape index (κ1) is 21.5. The van der Waals surface area contributed by atoms with Gasteiger partial charge in [-0.15, -0.1) is 0 Å². The third kappa shape index (κ3) is 4.48. The lowest BCUT2D eigenvalue weighted by Crippen LogP contribution is -2.46. The molecule has 1 unspecified atom stereocenters. The fourth-order valence-corrected chi connectivity index (χ4v) is 4.40. The predicted octanol–water partition coefficient (Wildman–Crippen LogP) is 3.03. The number of carbonyl (C=O) groups excluding carboxylic acids is 3. The van der Waals surface area contributed by atoms with Crippen LogP contribution in [-0.4, -0.2) is 39.7 Å². The summed E-state index contributed by atoms with van der Waals surface area (Å²) in [6.07, 6.45) is 1.17. The predicted molar refractivity (Wildman–Crippen MR) is 113 cm³/mol. The molecule has 162 valence electrons. The van der Waals surface area contributed by atoms with Crippen LogP contribution in [0.4, 0.5) is 10.1 Å². The van der Waals surface area contributed by atoms with E-state index in [2.05, 4.69) is 5.32 Å². The fraction of sp³-hybridized carbons (Fsp3) is 0.348. The summed E-state index contributed by atoms with van der Waals surface area (Å²) in [5.41, 5.74) is 1.12. The number of fused-ring (bicyclic) bond motifs is 1. The third-order valence-electron chi connectivity index (χ3n) is 5.85.